The topological polar surface area (TPSA) is 75.3 Å². The SMILES string of the molecule is COC(=O)C1CC(=O)N(c2ccc3c(Br)[nH]nc3c2)C1. The third-order valence-electron chi connectivity index (χ3n) is 3.46. The molecule has 20 heavy (non-hydrogen) atoms. The normalized spacial score (nSPS) is 18.8. The van der Waals surface area contributed by atoms with Crippen molar-refractivity contribution in [3.8, 4) is 0 Å². The fourth-order valence-corrected chi connectivity index (χ4v) is 2.84. The minimum Gasteiger partial charge on any atom is -0.469 e. The number of aromatic amines is 1. The molecular weight excluding hydrogens is 326 g/mol. The number of carbonyl (C=O) groups excluding carboxylic acids is 2. The number of amides is 1. The molecule has 1 aliphatic rings. The molecule has 0 bridgehead atoms. The number of hydrogen-bond donors (Lipinski definition) is 1. The monoisotopic (exact) mass is 337 g/mol. The molecule has 1 atom stereocenters. The lowest BCUT2D eigenvalue weighted by atomic mass is 10.1. The number of nitrogens with one attached hydrogen (secondary N) is 1. The zero-order valence-corrected chi connectivity index (χ0v) is 12.3. The van der Waals surface area contributed by atoms with E-state index in [1.54, 1.807) is 4.90 Å². The number of anilines is 1. The second kappa shape index (κ2) is 4.90. The van der Waals surface area contributed by atoms with Crippen LogP contribution in [0, 0.1) is 5.92 Å². The van der Waals surface area contributed by atoms with Gasteiger partial charge < -0.3 is 9.64 Å². The minimum atomic E-state index is -0.394. The number of halogens is 1. The zero-order chi connectivity index (χ0) is 14.3. The lowest BCUT2D eigenvalue weighted by Gasteiger charge is -2.16. The van der Waals surface area contributed by atoms with Crippen LogP contribution < -0.4 is 4.90 Å². The number of carbonyl (C=O) groups is 2. The fraction of sp³-hybridized carbons (Fsp3) is 0.308. The molecule has 1 fully saturated rings. The Morgan fingerprint density at radius 3 is 3.10 bits per heavy atom. The van der Waals surface area contributed by atoms with Gasteiger partial charge in [0.15, 0.2) is 0 Å². The highest BCUT2D eigenvalue weighted by Gasteiger charge is 2.35. The number of methoxy groups -OCH3 is 1. The number of esters is 1. The molecule has 2 heterocycles. The quantitative estimate of drug-likeness (QED) is 0.848. The molecule has 1 aliphatic heterocycles. The molecule has 0 radical (unpaired) electrons. The van der Waals surface area contributed by atoms with Gasteiger partial charge in [0.25, 0.3) is 0 Å². The number of hydrogen-bond acceptors (Lipinski definition) is 4. The van der Waals surface area contributed by atoms with Crippen molar-refractivity contribution in [2.45, 2.75) is 6.42 Å². The molecule has 1 aromatic carbocycles. The van der Waals surface area contributed by atoms with Crippen LogP contribution in [0.15, 0.2) is 22.8 Å². The summed E-state index contributed by atoms with van der Waals surface area (Å²) < 4.78 is 5.50. The number of nitrogens with zero attached hydrogens (tertiary/aromatic N) is 2. The molecule has 104 valence electrons. The van der Waals surface area contributed by atoms with E-state index in [4.69, 9.17) is 4.74 Å². The molecule has 7 heteroatoms. The van der Waals surface area contributed by atoms with Crippen molar-refractivity contribution in [3.63, 3.8) is 0 Å². The molecule has 1 amide bonds. The van der Waals surface area contributed by atoms with E-state index < -0.39 is 5.92 Å². The number of H-pyrrole nitrogens is 1. The van der Waals surface area contributed by atoms with Gasteiger partial charge in [0.1, 0.15) is 4.60 Å². The summed E-state index contributed by atoms with van der Waals surface area (Å²) in [5.74, 6) is -0.812. The van der Waals surface area contributed by atoms with Crippen LogP contribution in [0.25, 0.3) is 10.9 Å². The van der Waals surface area contributed by atoms with E-state index in [0.717, 1.165) is 21.2 Å². The summed E-state index contributed by atoms with van der Waals surface area (Å²) in [7, 11) is 1.34. The summed E-state index contributed by atoms with van der Waals surface area (Å²) in [5, 5.41) is 7.92. The van der Waals surface area contributed by atoms with E-state index >= 15 is 0 Å². The minimum absolute atomic E-state index is 0.0747. The molecule has 1 saturated heterocycles. The highest BCUT2D eigenvalue weighted by Crippen LogP contribution is 2.30. The molecule has 1 aromatic heterocycles. The maximum atomic E-state index is 12.0. The second-order valence-electron chi connectivity index (χ2n) is 4.67. The van der Waals surface area contributed by atoms with Crippen molar-refractivity contribution in [2.75, 3.05) is 18.6 Å². The largest absolute Gasteiger partial charge is 0.469 e. The first-order chi connectivity index (χ1) is 9.60. The fourth-order valence-electron chi connectivity index (χ4n) is 2.42. The number of fused-ring (bicyclic) bond motifs is 1. The van der Waals surface area contributed by atoms with Gasteiger partial charge in [0.05, 0.1) is 18.5 Å². The molecule has 1 unspecified atom stereocenters. The van der Waals surface area contributed by atoms with E-state index in [2.05, 4.69) is 26.1 Å². The van der Waals surface area contributed by atoms with Crippen LogP contribution in [0.3, 0.4) is 0 Å². The Kier molecular flexibility index (Phi) is 3.21. The Balaban J connectivity index is 1.91. The number of rotatable bonds is 2. The van der Waals surface area contributed by atoms with Crippen molar-refractivity contribution in [3.05, 3.63) is 22.8 Å². The average Bonchev–Trinajstić information content (AvgIpc) is 3.01. The zero-order valence-electron chi connectivity index (χ0n) is 10.7. The van der Waals surface area contributed by atoms with Gasteiger partial charge >= 0.3 is 5.97 Å². The molecular formula is C13H12BrN3O3. The van der Waals surface area contributed by atoms with Crippen LogP contribution in [-0.4, -0.2) is 35.7 Å². The lowest BCUT2D eigenvalue weighted by Crippen LogP contribution is -2.26. The Morgan fingerprint density at radius 2 is 2.35 bits per heavy atom. The first-order valence-electron chi connectivity index (χ1n) is 6.12. The number of benzene rings is 1. The second-order valence-corrected chi connectivity index (χ2v) is 5.46. The van der Waals surface area contributed by atoms with Gasteiger partial charge in [0.2, 0.25) is 5.91 Å². The first-order valence-corrected chi connectivity index (χ1v) is 6.91. The average molecular weight is 338 g/mol. The maximum absolute atomic E-state index is 12.0. The predicted octanol–water partition coefficient (Wildman–Crippen LogP) is 1.85. The van der Waals surface area contributed by atoms with E-state index in [-0.39, 0.29) is 18.3 Å². The van der Waals surface area contributed by atoms with Crippen LogP contribution in [0.5, 0.6) is 0 Å². The van der Waals surface area contributed by atoms with Crippen LogP contribution in [0.2, 0.25) is 0 Å². The Bertz CT molecular complexity index is 697. The molecule has 6 nitrogen and oxygen atoms in total. The lowest BCUT2D eigenvalue weighted by molar-refractivity contribution is -0.145. The third kappa shape index (κ3) is 2.07. The first kappa shape index (κ1) is 13.1. The van der Waals surface area contributed by atoms with Gasteiger partial charge in [0, 0.05) is 24.0 Å². The Labute approximate surface area is 123 Å². The van der Waals surface area contributed by atoms with E-state index in [9.17, 15) is 9.59 Å². The van der Waals surface area contributed by atoms with Crippen molar-refractivity contribution < 1.29 is 14.3 Å². The van der Waals surface area contributed by atoms with Gasteiger partial charge in [-0.1, -0.05) is 0 Å². The third-order valence-corrected chi connectivity index (χ3v) is 4.07. The van der Waals surface area contributed by atoms with Gasteiger partial charge in [-0.3, -0.25) is 14.7 Å². The predicted molar refractivity (Wildman–Crippen MR) is 76.3 cm³/mol. The summed E-state index contributed by atoms with van der Waals surface area (Å²) in [4.78, 5) is 25.2. The van der Waals surface area contributed by atoms with Crippen LogP contribution in [0.4, 0.5) is 5.69 Å². The summed E-state index contributed by atoms with van der Waals surface area (Å²) in [6.45, 7) is 0.350. The van der Waals surface area contributed by atoms with Crippen molar-refractivity contribution in [1.29, 1.82) is 0 Å². The van der Waals surface area contributed by atoms with E-state index in [1.165, 1.54) is 7.11 Å². The molecule has 0 spiro atoms. The smallest absolute Gasteiger partial charge is 0.311 e. The molecule has 0 aliphatic carbocycles. The molecule has 0 saturated carbocycles. The maximum Gasteiger partial charge on any atom is 0.311 e. The highest BCUT2D eigenvalue weighted by molar-refractivity contribution is 9.10. The summed E-state index contributed by atoms with van der Waals surface area (Å²) in [5.41, 5.74) is 1.51. The van der Waals surface area contributed by atoms with Crippen LogP contribution >= 0.6 is 15.9 Å². The van der Waals surface area contributed by atoms with E-state index in [0.29, 0.717) is 6.54 Å². The summed E-state index contributed by atoms with van der Waals surface area (Å²) >= 11 is 3.36. The summed E-state index contributed by atoms with van der Waals surface area (Å²) in [6.07, 6.45) is 0.189. The molecule has 1 N–H and O–H groups in total. The van der Waals surface area contributed by atoms with Gasteiger partial charge in [-0.15, -0.1) is 0 Å². The van der Waals surface area contributed by atoms with Crippen molar-refractivity contribution >= 4 is 44.4 Å². The Hall–Kier alpha value is -1.89. The number of aromatic nitrogens is 2. The molecule has 3 rings (SSSR count). The van der Waals surface area contributed by atoms with Crippen molar-refractivity contribution in [1.82, 2.24) is 10.2 Å². The van der Waals surface area contributed by atoms with E-state index in [1.807, 2.05) is 18.2 Å². The Morgan fingerprint density at radius 1 is 1.55 bits per heavy atom. The molecule has 2 aromatic rings. The van der Waals surface area contributed by atoms with Gasteiger partial charge in [-0.05, 0) is 34.1 Å². The standard InChI is InChI=1S/C13H12BrN3O3/c1-20-13(19)7-4-11(18)17(6-7)8-2-3-9-10(5-8)15-16-12(9)14/h2-3,5,7H,4,6H2,1H3,(H,15,16). The van der Waals surface area contributed by atoms with Crippen LogP contribution in [0.1, 0.15) is 6.42 Å². The highest BCUT2D eigenvalue weighted by atomic mass is 79.9. The van der Waals surface area contributed by atoms with Crippen LogP contribution in [-0.2, 0) is 14.3 Å². The number of ether oxygens (including phenoxy) is 1. The van der Waals surface area contributed by atoms with Crippen molar-refractivity contribution in [2.24, 2.45) is 5.92 Å². The van der Waals surface area contributed by atoms with Gasteiger partial charge in [-0.2, -0.15) is 5.10 Å². The van der Waals surface area contributed by atoms with Gasteiger partial charge in [-0.25, -0.2) is 0 Å². The summed E-state index contributed by atoms with van der Waals surface area (Å²) in [6, 6.07) is 5.56.